The van der Waals surface area contributed by atoms with Gasteiger partial charge >= 0.3 is 5.97 Å². The Morgan fingerprint density at radius 1 is 1.29 bits per heavy atom. The van der Waals surface area contributed by atoms with Gasteiger partial charge in [-0.2, -0.15) is 0 Å². The summed E-state index contributed by atoms with van der Waals surface area (Å²) in [7, 11) is 0. The highest BCUT2D eigenvalue weighted by atomic mass is 35.5. The van der Waals surface area contributed by atoms with Crippen molar-refractivity contribution in [3.05, 3.63) is 28.8 Å². The Morgan fingerprint density at radius 3 is 2.71 bits per heavy atom. The smallest absolute Gasteiger partial charge is 0.335 e. The third-order valence-electron chi connectivity index (χ3n) is 2.43. The molecule has 1 aromatic carbocycles. The molecule has 0 bridgehead atoms. The average Bonchev–Trinajstić information content (AvgIpc) is 2.44. The van der Waals surface area contributed by atoms with Crippen LogP contribution in [0.4, 0.5) is 5.69 Å². The first-order valence-corrected chi connectivity index (χ1v) is 6.64. The molecule has 1 amide bonds. The van der Waals surface area contributed by atoms with Crippen LogP contribution in [0.2, 0.25) is 5.02 Å². The first-order valence-electron chi connectivity index (χ1n) is 6.26. The topological polar surface area (TPSA) is 108 Å². The molecule has 0 atom stereocenters. The number of amides is 1. The number of aliphatic hydroxyl groups excluding tert-OH is 1. The molecule has 21 heavy (non-hydrogen) atoms. The number of carboxylic acid groups (broad SMARTS) is 1. The van der Waals surface area contributed by atoms with Crippen molar-refractivity contribution in [1.29, 1.82) is 0 Å². The number of hydrogen-bond donors (Lipinski definition) is 4. The SMILES string of the molecule is O=C(CNCCOCCO)Nc1cc(C(=O)O)ccc1Cl. The number of ether oxygens (including phenoxy) is 1. The maximum Gasteiger partial charge on any atom is 0.335 e. The molecule has 0 fully saturated rings. The van der Waals surface area contributed by atoms with Gasteiger partial charge in [0.2, 0.25) is 5.91 Å². The minimum Gasteiger partial charge on any atom is -0.478 e. The van der Waals surface area contributed by atoms with E-state index in [9.17, 15) is 9.59 Å². The van der Waals surface area contributed by atoms with E-state index in [1.54, 1.807) is 0 Å². The Bertz CT molecular complexity index is 495. The summed E-state index contributed by atoms with van der Waals surface area (Å²) in [6, 6.07) is 4.07. The first-order chi connectivity index (χ1) is 10.0. The van der Waals surface area contributed by atoms with Crippen LogP contribution in [0, 0.1) is 0 Å². The molecule has 1 aromatic rings. The Balaban J connectivity index is 2.40. The van der Waals surface area contributed by atoms with Gasteiger partial charge in [-0.15, -0.1) is 0 Å². The molecular formula is C13H17ClN2O5. The lowest BCUT2D eigenvalue weighted by molar-refractivity contribution is -0.115. The number of rotatable bonds is 9. The Morgan fingerprint density at radius 2 is 2.05 bits per heavy atom. The van der Waals surface area contributed by atoms with Gasteiger partial charge < -0.3 is 25.6 Å². The van der Waals surface area contributed by atoms with Crippen LogP contribution in [0.1, 0.15) is 10.4 Å². The van der Waals surface area contributed by atoms with E-state index in [-0.39, 0.29) is 41.9 Å². The maximum atomic E-state index is 11.7. The maximum absolute atomic E-state index is 11.7. The monoisotopic (exact) mass is 316 g/mol. The predicted molar refractivity (Wildman–Crippen MR) is 77.8 cm³/mol. The van der Waals surface area contributed by atoms with E-state index in [4.69, 9.17) is 26.6 Å². The molecule has 8 heteroatoms. The van der Waals surface area contributed by atoms with Crippen LogP contribution in [0.25, 0.3) is 0 Å². The van der Waals surface area contributed by atoms with Crippen LogP contribution >= 0.6 is 11.6 Å². The molecular weight excluding hydrogens is 300 g/mol. The highest BCUT2D eigenvalue weighted by Crippen LogP contribution is 2.22. The van der Waals surface area contributed by atoms with Crippen molar-refractivity contribution in [2.24, 2.45) is 0 Å². The van der Waals surface area contributed by atoms with Crippen LogP contribution < -0.4 is 10.6 Å². The van der Waals surface area contributed by atoms with Crippen LogP contribution in [-0.4, -0.2) is 55.0 Å². The molecule has 0 saturated carbocycles. The quantitative estimate of drug-likeness (QED) is 0.496. The predicted octanol–water partition coefficient (Wildman–Crippen LogP) is 0.575. The van der Waals surface area contributed by atoms with Crippen LogP contribution in [-0.2, 0) is 9.53 Å². The zero-order valence-electron chi connectivity index (χ0n) is 11.3. The van der Waals surface area contributed by atoms with Gasteiger partial charge in [-0.25, -0.2) is 4.79 Å². The van der Waals surface area contributed by atoms with Gasteiger partial charge in [0.05, 0.1) is 42.6 Å². The second kappa shape index (κ2) is 9.30. The molecule has 116 valence electrons. The van der Waals surface area contributed by atoms with Gasteiger partial charge in [0.15, 0.2) is 0 Å². The molecule has 0 heterocycles. The van der Waals surface area contributed by atoms with Gasteiger partial charge in [0, 0.05) is 6.54 Å². The fraction of sp³-hybridized carbons (Fsp3) is 0.385. The summed E-state index contributed by atoms with van der Waals surface area (Å²) < 4.78 is 5.01. The van der Waals surface area contributed by atoms with E-state index in [2.05, 4.69) is 10.6 Å². The molecule has 0 spiro atoms. The van der Waals surface area contributed by atoms with E-state index in [1.807, 2.05) is 0 Å². The number of carbonyl (C=O) groups excluding carboxylic acids is 1. The number of anilines is 1. The van der Waals surface area contributed by atoms with Crippen molar-refractivity contribution in [2.75, 3.05) is 38.2 Å². The van der Waals surface area contributed by atoms with E-state index < -0.39 is 5.97 Å². The van der Waals surface area contributed by atoms with E-state index >= 15 is 0 Å². The lowest BCUT2D eigenvalue weighted by atomic mass is 10.2. The number of halogens is 1. The molecule has 0 saturated heterocycles. The summed E-state index contributed by atoms with van der Waals surface area (Å²) in [4.78, 5) is 22.5. The van der Waals surface area contributed by atoms with E-state index in [0.29, 0.717) is 13.2 Å². The Hall–Kier alpha value is -1.67. The van der Waals surface area contributed by atoms with Crippen molar-refractivity contribution < 1.29 is 24.5 Å². The second-order valence-corrected chi connectivity index (χ2v) is 4.47. The highest BCUT2D eigenvalue weighted by Gasteiger charge is 2.09. The molecule has 0 aliphatic carbocycles. The van der Waals surface area contributed by atoms with Gasteiger partial charge in [0.1, 0.15) is 0 Å². The number of nitrogens with one attached hydrogen (secondary N) is 2. The lowest BCUT2D eigenvalue weighted by Gasteiger charge is -2.09. The normalized spacial score (nSPS) is 10.4. The molecule has 0 aromatic heterocycles. The molecule has 0 aliphatic heterocycles. The second-order valence-electron chi connectivity index (χ2n) is 4.06. The fourth-order valence-corrected chi connectivity index (χ4v) is 1.63. The number of hydrogen-bond acceptors (Lipinski definition) is 5. The van der Waals surface area contributed by atoms with Crippen molar-refractivity contribution in [3.8, 4) is 0 Å². The number of aromatic carboxylic acids is 1. The zero-order valence-corrected chi connectivity index (χ0v) is 12.0. The lowest BCUT2D eigenvalue weighted by Crippen LogP contribution is -2.30. The molecule has 7 nitrogen and oxygen atoms in total. The minimum atomic E-state index is -1.10. The van der Waals surface area contributed by atoms with Crippen molar-refractivity contribution in [2.45, 2.75) is 0 Å². The van der Waals surface area contributed by atoms with Crippen molar-refractivity contribution in [1.82, 2.24) is 5.32 Å². The molecule has 0 aliphatic rings. The summed E-state index contributed by atoms with van der Waals surface area (Å²) in [5.74, 6) is -1.44. The van der Waals surface area contributed by atoms with Crippen molar-refractivity contribution >= 4 is 29.2 Å². The van der Waals surface area contributed by atoms with Crippen LogP contribution in [0.5, 0.6) is 0 Å². The third kappa shape index (κ3) is 6.54. The third-order valence-corrected chi connectivity index (χ3v) is 2.76. The fourth-order valence-electron chi connectivity index (χ4n) is 1.46. The number of benzene rings is 1. The highest BCUT2D eigenvalue weighted by molar-refractivity contribution is 6.33. The Kier molecular flexibility index (Phi) is 7.70. The van der Waals surface area contributed by atoms with Crippen LogP contribution in [0.15, 0.2) is 18.2 Å². The summed E-state index contributed by atoms with van der Waals surface area (Å²) in [5.41, 5.74) is 0.292. The number of carboxylic acids is 1. The molecule has 4 N–H and O–H groups in total. The molecule has 1 rings (SSSR count). The van der Waals surface area contributed by atoms with E-state index in [1.165, 1.54) is 18.2 Å². The summed E-state index contributed by atoms with van der Waals surface area (Å²) in [6.07, 6.45) is 0. The molecule has 0 radical (unpaired) electrons. The van der Waals surface area contributed by atoms with Crippen LogP contribution in [0.3, 0.4) is 0 Å². The number of carbonyl (C=O) groups is 2. The number of aliphatic hydroxyl groups is 1. The van der Waals surface area contributed by atoms with Gasteiger partial charge in [0.25, 0.3) is 0 Å². The summed E-state index contributed by atoms with van der Waals surface area (Å²) in [6.45, 7) is 1.08. The average molecular weight is 317 g/mol. The zero-order chi connectivity index (χ0) is 15.7. The molecule has 0 unspecified atom stereocenters. The Labute approximate surface area is 126 Å². The van der Waals surface area contributed by atoms with Crippen molar-refractivity contribution in [3.63, 3.8) is 0 Å². The van der Waals surface area contributed by atoms with E-state index in [0.717, 1.165) is 0 Å². The van der Waals surface area contributed by atoms with Gasteiger partial charge in [-0.05, 0) is 18.2 Å². The largest absolute Gasteiger partial charge is 0.478 e. The summed E-state index contributed by atoms with van der Waals surface area (Å²) in [5, 5.41) is 23.0. The van der Waals surface area contributed by atoms with Gasteiger partial charge in [-0.1, -0.05) is 11.6 Å². The van der Waals surface area contributed by atoms with Gasteiger partial charge in [-0.3, -0.25) is 4.79 Å². The standard InChI is InChI=1S/C13H17ClN2O5/c14-10-2-1-9(13(19)20)7-11(10)16-12(18)8-15-3-5-21-6-4-17/h1-2,7,15,17H,3-6,8H2,(H,16,18)(H,19,20). The minimum absolute atomic E-state index is 0.0378. The summed E-state index contributed by atoms with van der Waals surface area (Å²) >= 11 is 5.89. The first kappa shape index (κ1) is 17.4.